The number of nitrogens with zero attached hydrogens (tertiary/aromatic N) is 1. The number of thiophene rings is 1. The van der Waals surface area contributed by atoms with Crippen LogP contribution in [0, 0.1) is 5.92 Å². The van der Waals surface area contributed by atoms with Gasteiger partial charge in [0.25, 0.3) is 0 Å². The number of carbonyl (C=O) groups is 1. The smallest absolute Gasteiger partial charge is 0.225 e. The predicted molar refractivity (Wildman–Crippen MR) is 73.0 cm³/mol. The number of rotatable bonds is 6. The Hall–Kier alpha value is -0.870. The summed E-state index contributed by atoms with van der Waals surface area (Å²) in [6.07, 6.45) is 1.78. The van der Waals surface area contributed by atoms with Gasteiger partial charge in [-0.3, -0.25) is 4.79 Å². The van der Waals surface area contributed by atoms with Gasteiger partial charge in [0.15, 0.2) is 0 Å². The van der Waals surface area contributed by atoms with Crippen LogP contribution in [-0.4, -0.2) is 24.4 Å². The molecule has 0 aromatic carbocycles. The lowest BCUT2D eigenvalue weighted by Gasteiger charge is -2.27. The number of hydrogen-bond acceptors (Lipinski definition) is 3. The molecule has 0 spiro atoms. The van der Waals surface area contributed by atoms with E-state index in [2.05, 4.69) is 13.0 Å². The lowest BCUT2D eigenvalue weighted by Crippen LogP contribution is -2.33. The van der Waals surface area contributed by atoms with Crippen LogP contribution in [0.1, 0.15) is 37.6 Å². The van der Waals surface area contributed by atoms with Crippen LogP contribution in [0.3, 0.4) is 0 Å². The van der Waals surface area contributed by atoms with Gasteiger partial charge in [-0.15, -0.1) is 11.3 Å². The van der Waals surface area contributed by atoms with Gasteiger partial charge in [0, 0.05) is 17.8 Å². The van der Waals surface area contributed by atoms with Crippen molar-refractivity contribution in [2.75, 3.05) is 13.6 Å². The minimum atomic E-state index is 0.0611. The molecular weight excluding hydrogens is 232 g/mol. The van der Waals surface area contributed by atoms with E-state index in [4.69, 9.17) is 5.73 Å². The normalized spacial score (nSPS) is 14.4. The van der Waals surface area contributed by atoms with E-state index in [9.17, 15) is 4.79 Å². The first kappa shape index (κ1) is 14.2. The molecule has 96 valence electrons. The summed E-state index contributed by atoms with van der Waals surface area (Å²) in [6.45, 7) is 4.71. The molecule has 17 heavy (non-hydrogen) atoms. The molecule has 2 N–H and O–H groups in total. The Morgan fingerprint density at radius 3 is 2.76 bits per heavy atom. The summed E-state index contributed by atoms with van der Waals surface area (Å²) in [5.74, 6) is 0.269. The Kier molecular flexibility index (Phi) is 5.65. The van der Waals surface area contributed by atoms with Gasteiger partial charge in [-0.1, -0.05) is 13.0 Å². The van der Waals surface area contributed by atoms with E-state index in [0.717, 1.165) is 12.8 Å². The molecule has 0 saturated carbocycles. The van der Waals surface area contributed by atoms with E-state index in [1.165, 1.54) is 4.88 Å². The minimum Gasteiger partial charge on any atom is -0.338 e. The maximum absolute atomic E-state index is 12.2. The maximum Gasteiger partial charge on any atom is 0.225 e. The Bertz CT molecular complexity index is 337. The van der Waals surface area contributed by atoms with Crippen molar-refractivity contribution in [3.63, 3.8) is 0 Å². The standard InChI is InChI=1S/C13H22N2OS/c1-10(6-4-8-14)13(16)15(3)11(2)12-7-5-9-17-12/h5,7,9-11H,4,6,8,14H2,1-3H3. The molecule has 0 aliphatic rings. The van der Waals surface area contributed by atoms with Crippen LogP contribution in [0.15, 0.2) is 17.5 Å². The molecule has 1 aromatic rings. The van der Waals surface area contributed by atoms with Crippen LogP contribution in [-0.2, 0) is 4.79 Å². The monoisotopic (exact) mass is 254 g/mol. The van der Waals surface area contributed by atoms with E-state index in [1.54, 1.807) is 11.3 Å². The zero-order valence-electron chi connectivity index (χ0n) is 10.8. The highest BCUT2D eigenvalue weighted by Gasteiger charge is 2.22. The van der Waals surface area contributed by atoms with E-state index in [0.29, 0.717) is 6.54 Å². The van der Waals surface area contributed by atoms with Crippen LogP contribution in [0.4, 0.5) is 0 Å². The van der Waals surface area contributed by atoms with E-state index in [1.807, 2.05) is 30.3 Å². The fourth-order valence-corrected chi connectivity index (χ4v) is 2.63. The highest BCUT2D eigenvalue weighted by atomic mass is 32.1. The van der Waals surface area contributed by atoms with E-state index >= 15 is 0 Å². The van der Waals surface area contributed by atoms with Crippen LogP contribution < -0.4 is 5.73 Å². The van der Waals surface area contributed by atoms with Gasteiger partial charge in [-0.25, -0.2) is 0 Å². The molecule has 0 fully saturated rings. The quantitative estimate of drug-likeness (QED) is 0.848. The first-order chi connectivity index (χ1) is 8.07. The van der Waals surface area contributed by atoms with Gasteiger partial charge in [0.05, 0.1) is 6.04 Å². The van der Waals surface area contributed by atoms with Crippen molar-refractivity contribution in [2.45, 2.75) is 32.7 Å². The molecule has 3 nitrogen and oxygen atoms in total. The average Bonchev–Trinajstić information content (AvgIpc) is 2.86. The number of carbonyl (C=O) groups excluding carboxylic acids is 1. The first-order valence-corrected chi connectivity index (χ1v) is 6.96. The average molecular weight is 254 g/mol. The van der Waals surface area contributed by atoms with Crippen LogP contribution in [0.2, 0.25) is 0 Å². The molecule has 4 heteroatoms. The Balaban J connectivity index is 2.57. The minimum absolute atomic E-state index is 0.0611. The molecule has 0 aliphatic carbocycles. The zero-order chi connectivity index (χ0) is 12.8. The molecule has 2 unspecified atom stereocenters. The van der Waals surface area contributed by atoms with Crippen molar-refractivity contribution < 1.29 is 4.79 Å². The summed E-state index contributed by atoms with van der Waals surface area (Å²) < 4.78 is 0. The summed E-state index contributed by atoms with van der Waals surface area (Å²) >= 11 is 1.69. The third kappa shape index (κ3) is 3.82. The Morgan fingerprint density at radius 2 is 2.24 bits per heavy atom. The summed E-state index contributed by atoms with van der Waals surface area (Å²) in [5, 5.41) is 2.04. The van der Waals surface area contributed by atoms with Crippen molar-refractivity contribution in [3.8, 4) is 0 Å². The largest absolute Gasteiger partial charge is 0.338 e. The molecule has 1 amide bonds. The van der Waals surface area contributed by atoms with Crippen LogP contribution >= 0.6 is 11.3 Å². The molecule has 0 saturated heterocycles. The van der Waals surface area contributed by atoms with E-state index < -0.39 is 0 Å². The topological polar surface area (TPSA) is 46.3 Å². The van der Waals surface area contributed by atoms with Crippen LogP contribution in [0.25, 0.3) is 0 Å². The molecule has 0 bridgehead atoms. The number of amides is 1. The van der Waals surface area contributed by atoms with Gasteiger partial charge >= 0.3 is 0 Å². The second-order valence-electron chi connectivity index (χ2n) is 4.47. The predicted octanol–water partition coefficient (Wildman–Crippen LogP) is 2.64. The number of hydrogen-bond donors (Lipinski definition) is 1. The van der Waals surface area contributed by atoms with Gasteiger partial charge in [0.1, 0.15) is 0 Å². The Morgan fingerprint density at radius 1 is 1.53 bits per heavy atom. The van der Waals surface area contributed by atoms with Crippen molar-refractivity contribution in [3.05, 3.63) is 22.4 Å². The van der Waals surface area contributed by atoms with Crippen molar-refractivity contribution >= 4 is 17.2 Å². The molecule has 1 aromatic heterocycles. The summed E-state index contributed by atoms with van der Waals surface area (Å²) in [7, 11) is 1.88. The molecule has 1 heterocycles. The molecule has 1 rings (SSSR count). The fourth-order valence-electron chi connectivity index (χ4n) is 1.81. The van der Waals surface area contributed by atoms with Crippen LogP contribution in [0.5, 0.6) is 0 Å². The second kappa shape index (κ2) is 6.77. The van der Waals surface area contributed by atoms with Crippen molar-refractivity contribution in [1.29, 1.82) is 0 Å². The highest BCUT2D eigenvalue weighted by molar-refractivity contribution is 7.10. The molecule has 0 aliphatic heterocycles. The number of nitrogens with two attached hydrogens (primary N) is 1. The molecule has 2 atom stereocenters. The lowest BCUT2D eigenvalue weighted by atomic mass is 10.0. The third-order valence-electron chi connectivity index (χ3n) is 3.15. The van der Waals surface area contributed by atoms with Gasteiger partial charge in [0.2, 0.25) is 5.91 Å². The molecular formula is C13H22N2OS. The van der Waals surface area contributed by atoms with Gasteiger partial charge in [-0.2, -0.15) is 0 Å². The summed E-state index contributed by atoms with van der Waals surface area (Å²) in [4.78, 5) is 15.2. The summed E-state index contributed by atoms with van der Waals surface area (Å²) in [6, 6.07) is 4.25. The second-order valence-corrected chi connectivity index (χ2v) is 5.45. The highest BCUT2D eigenvalue weighted by Crippen LogP contribution is 2.25. The van der Waals surface area contributed by atoms with E-state index in [-0.39, 0.29) is 17.9 Å². The summed E-state index contributed by atoms with van der Waals surface area (Å²) in [5.41, 5.74) is 5.47. The lowest BCUT2D eigenvalue weighted by molar-refractivity contribution is -0.135. The third-order valence-corrected chi connectivity index (χ3v) is 4.19. The zero-order valence-corrected chi connectivity index (χ0v) is 11.7. The SMILES string of the molecule is CC(CCCN)C(=O)N(C)C(C)c1cccs1. The van der Waals surface area contributed by atoms with Gasteiger partial charge in [-0.05, 0) is 37.8 Å². The molecule has 0 radical (unpaired) electrons. The Labute approximate surface area is 108 Å². The first-order valence-electron chi connectivity index (χ1n) is 6.08. The maximum atomic E-state index is 12.2. The van der Waals surface area contributed by atoms with Gasteiger partial charge < -0.3 is 10.6 Å². The fraction of sp³-hybridized carbons (Fsp3) is 0.615. The van der Waals surface area contributed by atoms with Crippen molar-refractivity contribution in [1.82, 2.24) is 4.90 Å². The van der Waals surface area contributed by atoms with Crippen molar-refractivity contribution in [2.24, 2.45) is 11.7 Å².